The molecule has 9 atom stereocenters. The maximum Gasteiger partial charge on any atom is 0.251 e. The number of methoxy groups -OCH3 is 1. The van der Waals surface area contributed by atoms with Crippen LogP contribution < -0.4 is 20.3 Å². The monoisotopic (exact) mass is 759 g/mol. The molecule has 13 nitrogen and oxygen atoms in total. The number of aromatic nitrogens is 2. The Kier molecular flexibility index (Phi) is 12.3. The summed E-state index contributed by atoms with van der Waals surface area (Å²) in [5.41, 5.74) is 4.87. The number of amides is 2. The second kappa shape index (κ2) is 16.6. The number of nitrogens with zero attached hydrogens (tertiary/aromatic N) is 4. The van der Waals surface area contributed by atoms with Crippen LogP contribution in [0.25, 0.3) is 11.1 Å². The van der Waals surface area contributed by atoms with Gasteiger partial charge in [-0.2, -0.15) is 5.06 Å². The molecule has 300 valence electrons. The van der Waals surface area contributed by atoms with Gasteiger partial charge in [0.2, 0.25) is 5.91 Å². The highest BCUT2D eigenvalue weighted by Gasteiger charge is 2.57. The number of H-pyrrole nitrogens is 1. The molecule has 2 bridgehead atoms. The maximum absolute atomic E-state index is 14.3. The van der Waals surface area contributed by atoms with Crippen LogP contribution in [0.4, 0.5) is 5.69 Å². The molecule has 0 unspecified atom stereocenters. The lowest BCUT2D eigenvalue weighted by Gasteiger charge is -2.62. The fourth-order valence-corrected chi connectivity index (χ4v) is 9.52. The highest BCUT2D eigenvalue weighted by atomic mass is 16.7. The van der Waals surface area contributed by atoms with E-state index in [1.165, 1.54) is 6.42 Å². The third-order valence-corrected chi connectivity index (χ3v) is 12.6. The van der Waals surface area contributed by atoms with Gasteiger partial charge in [-0.15, -0.1) is 0 Å². The lowest BCUT2D eigenvalue weighted by atomic mass is 9.45. The van der Waals surface area contributed by atoms with Crippen molar-refractivity contribution in [3.63, 3.8) is 0 Å². The van der Waals surface area contributed by atoms with Crippen LogP contribution in [-0.4, -0.2) is 121 Å². The molecule has 0 spiro atoms. The van der Waals surface area contributed by atoms with Crippen molar-refractivity contribution in [2.75, 3.05) is 53.4 Å². The number of aromatic amines is 1. The van der Waals surface area contributed by atoms with Gasteiger partial charge in [0.05, 0.1) is 32.7 Å². The first-order valence-corrected chi connectivity index (χ1v) is 19.6. The second-order valence-electron chi connectivity index (χ2n) is 17.1. The summed E-state index contributed by atoms with van der Waals surface area (Å²) < 4.78 is 6.09. The highest BCUT2D eigenvalue weighted by molar-refractivity contribution is 5.97. The third kappa shape index (κ3) is 8.41. The van der Waals surface area contributed by atoms with Crippen LogP contribution in [0.1, 0.15) is 62.2 Å². The Balaban J connectivity index is 1.28. The fraction of sp³-hybridized carbons (Fsp3) is 0.595. The molecule has 5 N–H and O–H groups in total. The van der Waals surface area contributed by atoms with Crippen molar-refractivity contribution in [2.45, 2.75) is 83.8 Å². The van der Waals surface area contributed by atoms with E-state index in [9.17, 15) is 19.8 Å². The van der Waals surface area contributed by atoms with Gasteiger partial charge in [0, 0.05) is 79.3 Å². The Morgan fingerprint density at radius 1 is 1.16 bits per heavy atom. The van der Waals surface area contributed by atoms with Gasteiger partial charge < -0.3 is 40.4 Å². The van der Waals surface area contributed by atoms with Gasteiger partial charge in [0.25, 0.3) is 5.91 Å². The number of anilines is 1. The van der Waals surface area contributed by atoms with Crippen LogP contribution in [0.15, 0.2) is 48.9 Å². The Labute approximate surface area is 325 Å². The number of ether oxygens (including phenoxy) is 1. The second-order valence-corrected chi connectivity index (χ2v) is 17.1. The summed E-state index contributed by atoms with van der Waals surface area (Å²) >= 11 is 0. The predicted octanol–water partition coefficient (Wildman–Crippen LogP) is 3.71. The average Bonchev–Trinajstić information content (AvgIpc) is 3.79. The van der Waals surface area contributed by atoms with Gasteiger partial charge in [-0.3, -0.25) is 14.4 Å². The zero-order chi connectivity index (χ0) is 39.8. The molecule has 0 radical (unpaired) electrons. The number of nitrogens with one attached hydrogen (secondary N) is 3. The van der Waals surface area contributed by atoms with E-state index >= 15 is 0 Å². The number of hydrogen-bond acceptors (Lipinski definition) is 10. The molecule has 3 saturated carbocycles. The summed E-state index contributed by atoms with van der Waals surface area (Å²) in [6, 6.07) is 10.6. The van der Waals surface area contributed by atoms with Crippen molar-refractivity contribution in [3.05, 3.63) is 65.7 Å². The Morgan fingerprint density at radius 3 is 2.53 bits per heavy atom. The number of carbonyl (C=O) groups is 2. The number of benzene rings is 2. The van der Waals surface area contributed by atoms with Crippen molar-refractivity contribution in [3.8, 4) is 16.9 Å². The van der Waals surface area contributed by atoms with E-state index in [2.05, 4.69) is 41.4 Å². The molecule has 7 rings (SSSR count). The number of aliphatic hydroxyl groups is 2. The van der Waals surface area contributed by atoms with Crippen molar-refractivity contribution >= 4 is 17.5 Å². The van der Waals surface area contributed by atoms with Crippen molar-refractivity contribution in [1.82, 2.24) is 30.6 Å². The molecule has 3 aliphatic carbocycles. The van der Waals surface area contributed by atoms with E-state index in [1.807, 2.05) is 74.4 Å². The van der Waals surface area contributed by atoms with Gasteiger partial charge in [-0.05, 0) is 80.8 Å². The van der Waals surface area contributed by atoms with Crippen LogP contribution in [0.3, 0.4) is 0 Å². The van der Waals surface area contributed by atoms with E-state index < -0.39 is 24.2 Å². The molecule has 2 heterocycles. The standard InChI is InChI=1S/C42H61N7O6/c1-24-34-16-29(42(34,3)4)17-35(24)46-41(53)38-37(25(2)51)36(22-50)55-49(38)20-26-11-10-12-33(39(26)54-9)27-13-28(15-32(14-27)48(7)8)40(52)45-31(21-47(5)6)18-30-19-43-23-44-30/h10-15,19,23-25,29,31,34-38,50-51H,16-18,20-22H2,1-9H3,(H,43,44)(H,45,52)(H,46,53)/t24-,25-,29+,31-,34+,35-,36-,37+,38-/m0/s1. The number of carbonyl (C=O) groups excluding carboxylic acids is 2. The van der Waals surface area contributed by atoms with Crippen LogP contribution in [0.5, 0.6) is 5.75 Å². The largest absolute Gasteiger partial charge is 0.496 e. The van der Waals surface area contributed by atoms with Crippen LogP contribution in [0.2, 0.25) is 0 Å². The summed E-state index contributed by atoms with van der Waals surface area (Å²) in [6.07, 6.45) is 4.47. The third-order valence-electron chi connectivity index (χ3n) is 12.6. The molecule has 2 amide bonds. The van der Waals surface area contributed by atoms with E-state index in [4.69, 9.17) is 9.57 Å². The minimum absolute atomic E-state index is 0.0332. The number of rotatable bonds is 15. The smallest absolute Gasteiger partial charge is 0.251 e. The number of hydroxylamine groups is 2. The normalized spacial score (nSPS) is 26.9. The molecule has 1 aliphatic heterocycles. The van der Waals surface area contributed by atoms with Crippen LogP contribution >= 0.6 is 0 Å². The number of imidazole rings is 1. The number of para-hydroxylation sites is 1. The van der Waals surface area contributed by atoms with Crippen LogP contribution in [0, 0.1) is 29.1 Å². The van der Waals surface area contributed by atoms with E-state index in [0.29, 0.717) is 42.0 Å². The zero-order valence-corrected chi connectivity index (χ0v) is 33.9. The van der Waals surface area contributed by atoms with Gasteiger partial charge >= 0.3 is 0 Å². The zero-order valence-electron chi connectivity index (χ0n) is 33.9. The minimum atomic E-state index is -0.905. The van der Waals surface area contributed by atoms with Gasteiger partial charge in [-0.25, -0.2) is 4.98 Å². The van der Waals surface area contributed by atoms with E-state index in [0.717, 1.165) is 34.5 Å². The minimum Gasteiger partial charge on any atom is -0.496 e. The van der Waals surface area contributed by atoms with Crippen molar-refractivity contribution in [1.29, 1.82) is 0 Å². The fourth-order valence-electron chi connectivity index (χ4n) is 9.52. The highest BCUT2D eigenvalue weighted by Crippen LogP contribution is 2.61. The predicted molar refractivity (Wildman–Crippen MR) is 212 cm³/mol. The Morgan fingerprint density at radius 2 is 1.93 bits per heavy atom. The van der Waals surface area contributed by atoms with E-state index in [-0.39, 0.29) is 42.5 Å². The molecule has 3 aromatic rings. The molecule has 1 aromatic heterocycles. The molecule has 55 heavy (non-hydrogen) atoms. The summed E-state index contributed by atoms with van der Waals surface area (Å²) in [5, 5.41) is 29.5. The van der Waals surface area contributed by atoms with Gasteiger partial charge in [0.15, 0.2) is 0 Å². The number of likely N-dealkylation sites (N-methyl/N-ethyl adjacent to an activating group) is 1. The first-order valence-electron chi connectivity index (χ1n) is 19.6. The van der Waals surface area contributed by atoms with E-state index in [1.54, 1.807) is 31.6 Å². The number of hydrogen-bond donors (Lipinski definition) is 5. The van der Waals surface area contributed by atoms with Gasteiger partial charge in [-0.1, -0.05) is 39.0 Å². The molecule has 4 fully saturated rings. The van der Waals surface area contributed by atoms with Gasteiger partial charge in [0.1, 0.15) is 17.9 Å². The summed E-state index contributed by atoms with van der Waals surface area (Å²) in [7, 11) is 9.43. The SMILES string of the molecule is COc1c(CN2O[C@@H](CO)[C@@H]([C@H](C)O)[C@H]2C(=O)N[C@H]2C[C@H]3C[C@H]([C@@H]2C)C3(C)C)cccc1-c1cc(C(=O)N[C@@H](Cc2cnc[nH]2)CN(C)C)cc(N(C)C)c1. The van der Waals surface area contributed by atoms with Crippen molar-refractivity contribution in [2.24, 2.45) is 29.1 Å². The first kappa shape index (κ1) is 40.6. The summed E-state index contributed by atoms with van der Waals surface area (Å²) in [6.45, 7) is 9.01. The number of fused-ring (bicyclic) bond motifs is 2. The molecule has 2 aromatic carbocycles. The lowest BCUT2D eigenvalue weighted by Crippen LogP contribution is -2.62. The summed E-state index contributed by atoms with van der Waals surface area (Å²) in [5.74, 6) is 0.971. The molecule has 13 heteroatoms. The number of aliphatic hydroxyl groups excluding tert-OH is 2. The molecular formula is C42H61N7O6. The molecule has 4 aliphatic rings. The quantitative estimate of drug-likeness (QED) is 0.155. The Hall–Kier alpha value is -4.01. The molecular weight excluding hydrogens is 699 g/mol. The van der Waals surface area contributed by atoms with Crippen molar-refractivity contribution < 1.29 is 29.4 Å². The first-order chi connectivity index (χ1) is 26.1. The molecule has 1 saturated heterocycles. The summed E-state index contributed by atoms with van der Waals surface area (Å²) in [4.78, 5) is 45.8. The lowest BCUT2D eigenvalue weighted by molar-refractivity contribution is -0.183. The Bertz CT molecular complexity index is 1800. The maximum atomic E-state index is 14.3. The van der Waals surface area contributed by atoms with Crippen LogP contribution in [-0.2, 0) is 22.6 Å². The average molecular weight is 760 g/mol. The topological polar surface area (TPSA) is 156 Å².